The van der Waals surface area contributed by atoms with Crippen LogP contribution in [-0.2, 0) is 0 Å². The normalized spacial score (nSPS) is 11.3. The van der Waals surface area contributed by atoms with Crippen molar-refractivity contribution >= 4 is 45.4 Å². The molecule has 7 aromatic rings. The summed E-state index contributed by atoms with van der Waals surface area (Å²) in [6.07, 6.45) is 0. The lowest BCUT2D eigenvalue weighted by Crippen LogP contribution is -2.20. The van der Waals surface area contributed by atoms with Gasteiger partial charge in [0.1, 0.15) is 0 Å². The first-order valence-electron chi connectivity index (χ1n) is 13.4. The van der Waals surface area contributed by atoms with Gasteiger partial charge < -0.3 is 0 Å². The molecule has 0 saturated heterocycles. The summed E-state index contributed by atoms with van der Waals surface area (Å²) >= 11 is 0. The minimum absolute atomic E-state index is 0.720. The van der Waals surface area contributed by atoms with Gasteiger partial charge in [-0.2, -0.15) is 0 Å². The van der Waals surface area contributed by atoms with Crippen LogP contribution in [0, 0.1) is 0 Å². The van der Waals surface area contributed by atoms with Crippen LogP contribution in [0.15, 0.2) is 164 Å². The maximum atomic E-state index is 2.41. The number of hydrogen-bond acceptors (Lipinski definition) is 0. The molecule has 0 N–H and O–H groups in total. The molecule has 184 valence electrons. The zero-order valence-electron chi connectivity index (χ0n) is 21.5. The lowest BCUT2D eigenvalue weighted by atomic mass is 10.0. The monoisotopic (exact) mass is 514 g/mol. The molecule has 1 heteroatoms. The van der Waals surface area contributed by atoms with Crippen molar-refractivity contribution in [1.82, 2.24) is 0 Å². The van der Waals surface area contributed by atoms with E-state index in [4.69, 9.17) is 0 Å². The van der Waals surface area contributed by atoms with Crippen molar-refractivity contribution in [3.8, 4) is 22.3 Å². The molecule has 0 radical (unpaired) electrons. The highest BCUT2D eigenvalue weighted by Gasteiger charge is 2.18. The quantitative estimate of drug-likeness (QED) is 0.201. The Bertz CT molecular complexity index is 1770. The summed E-state index contributed by atoms with van der Waals surface area (Å²) in [5, 5.41) is 9.21. The zero-order valence-corrected chi connectivity index (χ0v) is 22.4. The predicted molar refractivity (Wildman–Crippen MR) is 171 cm³/mol. The predicted octanol–water partition coefficient (Wildman–Crippen LogP) is 9.09. The number of fused-ring (bicyclic) bond motifs is 2. The standard InChI is InChI=1S/C38H27P/c1-4-10-28(11-5-1)32-18-16-30-20-22-37(26-34(30)24-32)39(36-14-8-3-9-15-36)38-23-21-31-17-19-33(25-35(31)27-38)29-12-6-2-7-13-29/h1-27H. The first kappa shape index (κ1) is 23.6. The molecule has 0 fully saturated rings. The first-order chi connectivity index (χ1) is 19.3. The van der Waals surface area contributed by atoms with Gasteiger partial charge in [0.15, 0.2) is 0 Å². The van der Waals surface area contributed by atoms with Crippen LogP contribution in [0.1, 0.15) is 0 Å². The van der Waals surface area contributed by atoms with Crippen molar-refractivity contribution in [2.45, 2.75) is 0 Å². The van der Waals surface area contributed by atoms with E-state index < -0.39 is 7.92 Å². The van der Waals surface area contributed by atoms with Crippen LogP contribution < -0.4 is 15.9 Å². The van der Waals surface area contributed by atoms with Gasteiger partial charge in [0.05, 0.1) is 0 Å². The molecule has 0 bridgehead atoms. The van der Waals surface area contributed by atoms with Gasteiger partial charge in [0, 0.05) is 0 Å². The molecule has 0 nitrogen and oxygen atoms in total. The van der Waals surface area contributed by atoms with Crippen molar-refractivity contribution in [2.75, 3.05) is 0 Å². The molecule has 0 aliphatic carbocycles. The Balaban J connectivity index is 1.36. The summed E-state index contributed by atoms with van der Waals surface area (Å²) < 4.78 is 0. The van der Waals surface area contributed by atoms with Gasteiger partial charge in [-0.1, -0.05) is 140 Å². The Kier molecular flexibility index (Phi) is 6.25. The van der Waals surface area contributed by atoms with E-state index in [2.05, 4.69) is 164 Å². The summed E-state index contributed by atoms with van der Waals surface area (Å²) in [5.41, 5.74) is 5.00. The number of benzene rings is 7. The second-order valence-electron chi connectivity index (χ2n) is 9.90. The van der Waals surface area contributed by atoms with Gasteiger partial charge in [0.2, 0.25) is 0 Å². The first-order valence-corrected chi connectivity index (χ1v) is 14.7. The molecule has 7 aromatic carbocycles. The van der Waals surface area contributed by atoms with E-state index in [9.17, 15) is 0 Å². The Morgan fingerprint density at radius 3 is 1.13 bits per heavy atom. The maximum absolute atomic E-state index is 2.41. The highest BCUT2D eigenvalue weighted by molar-refractivity contribution is 7.79. The fraction of sp³-hybridized carbons (Fsp3) is 0. The number of rotatable bonds is 5. The summed E-state index contributed by atoms with van der Waals surface area (Å²) in [7, 11) is -0.720. The van der Waals surface area contributed by atoms with Crippen LogP contribution in [0.2, 0.25) is 0 Å². The topological polar surface area (TPSA) is 0 Å². The summed E-state index contributed by atoms with van der Waals surface area (Å²) in [6.45, 7) is 0. The van der Waals surface area contributed by atoms with Crippen molar-refractivity contribution in [2.24, 2.45) is 0 Å². The Morgan fingerprint density at radius 2 is 0.667 bits per heavy atom. The van der Waals surface area contributed by atoms with Gasteiger partial charge in [0.25, 0.3) is 0 Å². The third-order valence-electron chi connectivity index (χ3n) is 7.39. The fourth-order valence-corrected chi connectivity index (χ4v) is 7.74. The SMILES string of the molecule is c1ccc(-c2ccc3ccc(P(c4ccccc4)c4ccc5ccc(-c6ccccc6)cc5c4)cc3c2)cc1. The molecule has 0 heterocycles. The Labute approximate surface area is 231 Å². The smallest absolute Gasteiger partial charge is 0.0134 e. The highest BCUT2D eigenvalue weighted by Crippen LogP contribution is 2.36. The minimum Gasteiger partial charge on any atom is -0.0622 e. The highest BCUT2D eigenvalue weighted by atomic mass is 31.1. The third kappa shape index (κ3) is 4.76. The molecule has 0 spiro atoms. The molecular weight excluding hydrogens is 487 g/mol. The van der Waals surface area contributed by atoms with E-state index in [0.717, 1.165) is 0 Å². The second-order valence-corrected chi connectivity index (χ2v) is 12.1. The van der Waals surface area contributed by atoms with Crippen LogP contribution in [0.5, 0.6) is 0 Å². The third-order valence-corrected chi connectivity index (χ3v) is 9.80. The van der Waals surface area contributed by atoms with Gasteiger partial charge in [-0.3, -0.25) is 0 Å². The molecule has 0 amide bonds. The molecule has 7 rings (SSSR count). The minimum atomic E-state index is -0.720. The average molecular weight is 515 g/mol. The van der Waals surface area contributed by atoms with E-state index in [1.807, 2.05) is 0 Å². The lowest BCUT2D eigenvalue weighted by Gasteiger charge is -2.21. The van der Waals surface area contributed by atoms with Gasteiger partial charge in [-0.25, -0.2) is 0 Å². The fourth-order valence-electron chi connectivity index (χ4n) is 5.39. The Morgan fingerprint density at radius 1 is 0.256 bits per heavy atom. The van der Waals surface area contributed by atoms with Crippen molar-refractivity contribution in [1.29, 1.82) is 0 Å². The van der Waals surface area contributed by atoms with Crippen LogP contribution >= 0.6 is 7.92 Å². The average Bonchev–Trinajstić information content (AvgIpc) is 3.02. The van der Waals surface area contributed by atoms with Gasteiger partial charge in [-0.05, 0) is 91.9 Å². The van der Waals surface area contributed by atoms with Crippen LogP contribution in [-0.4, -0.2) is 0 Å². The molecule has 0 aromatic heterocycles. The molecule has 0 saturated carbocycles. The van der Waals surface area contributed by atoms with E-state index >= 15 is 0 Å². The van der Waals surface area contributed by atoms with Crippen molar-refractivity contribution < 1.29 is 0 Å². The van der Waals surface area contributed by atoms with Gasteiger partial charge >= 0.3 is 0 Å². The lowest BCUT2D eigenvalue weighted by molar-refractivity contribution is 1.65. The van der Waals surface area contributed by atoms with E-state index in [-0.39, 0.29) is 0 Å². The molecular formula is C38H27P. The molecule has 0 aliphatic heterocycles. The van der Waals surface area contributed by atoms with E-state index in [1.54, 1.807) is 0 Å². The largest absolute Gasteiger partial charge is 0.0622 e. The molecule has 0 aliphatic rings. The number of hydrogen-bond donors (Lipinski definition) is 0. The van der Waals surface area contributed by atoms with Crippen molar-refractivity contribution in [3.63, 3.8) is 0 Å². The van der Waals surface area contributed by atoms with Crippen LogP contribution in [0.3, 0.4) is 0 Å². The second kappa shape index (κ2) is 10.3. The van der Waals surface area contributed by atoms with E-state index in [0.29, 0.717) is 0 Å². The summed E-state index contributed by atoms with van der Waals surface area (Å²) in [5.74, 6) is 0. The molecule has 0 unspecified atom stereocenters. The van der Waals surface area contributed by atoms with Gasteiger partial charge in [-0.15, -0.1) is 0 Å². The summed E-state index contributed by atoms with van der Waals surface area (Å²) in [4.78, 5) is 0. The van der Waals surface area contributed by atoms with Crippen LogP contribution in [0.25, 0.3) is 43.8 Å². The van der Waals surface area contributed by atoms with E-state index in [1.165, 1.54) is 59.7 Å². The zero-order chi connectivity index (χ0) is 26.0. The Hall–Kier alpha value is -4.51. The van der Waals surface area contributed by atoms with Crippen LogP contribution in [0.4, 0.5) is 0 Å². The van der Waals surface area contributed by atoms with Crippen molar-refractivity contribution in [3.05, 3.63) is 164 Å². The molecule has 39 heavy (non-hydrogen) atoms. The summed E-state index contributed by atoms with van der Waals surface area (Å²) in [6, 6.07) is 59.9. The molecule has 0 atom stereocenters. The maximum Gasteiger partial charge on any atom is -0.0134 e.